The summed E-state index contributed by atoms with van der Waals surface area (Å²) in [5.74, 6) is 0.895. The largest absolute Gasteiger partial charge is 0.479 e. The van der Waals surface area contributed by atoms with E-state index >= 15 is 0 Å². The van der Waals surface area contributed by atoms with E-state index in [1.165, 1.54) is 6.33 Å². The van der Waals surface area contributed by atoms with Gasteiger partial charge in [-0.2, -0.15) is 4.98 Å². The van der Waals surface area contributed by atoms with Gasteiger partial charge >= 0.3 is 0 Å². The van der Waals surface area contributed by atoms with E-state index in [1.807, 2.05) is 4.57 Å². The molecule has 0 unspecified atom stereocenters. The first-order chi connectivity index (χ1) is 9.95. The molecule has 0 radical (unpaired) electrons. The maximum absolute atomic E-state index is 6.03. The zero-order chi connectivity index (χ0) is 15.6. The molecule has 0 aliphatic heterocycles. The molecule has 7 nitrogen and oxygen atoms in total. The van der Waals surface area contributed by atoms with Gasteiger partial charge in [-0.1, -0.05) is 0 Å². The Morgan fingerprint density at radius 2 is 1.90 bits per heavy atom. The summed E-state index contributed by atoms with van der Waals surface area (Å²) < 4.78 is 7.12. The number of ether oxygens (including phenoxy) is 1. The third-order valence-electron chi connectivity index (χ3n) is 3.63. The predicted octanol–water partition coefficient (Wildman–Crippen LogP) is 1.54. The first kappa shape index (κ1) is 15.5. The van der Waals surface area contributed by atoms with Crippen LogP contribution in [0.4, 0.5) is 5.95 Å². The zero-order valence-corrected chi connectivity index (χ0v) is 13.4. The van der Waals surface area contributed by atoms with Crippen LogP contribution in [0.1, 0.15) is 27.7 Å². The zero-order valence-electron chi connectivity index (χ0n) is 13.4. The molecule has 0 spiro atoms. The molecule has 0 fully saturated rings. The van der Waals surface area contributed by atoms with E-state index in [4.69, 9.17) is 10.5 Å². The minimum absolute atomic E-state index is 0.441. The van der Waals surface area contributed by atoms with E-state index in [2.05, 4.69) is 47.5 Å². The van der Waals surface area contributed by atoms with Gasteiger partial charge in [0.1, 0.15) is 6.33 Å². The van der Waals surface area contributed by atoms with Crippen molar-refractivity contribution < 1.29 is 4.74 Å². The lowest BCUT2D eigenvalue weighted by Gasteiger charge is -2.30. The lowest BCUT2D eigenvalue weighted by molar-refractivity contribution is 0.169. The Hall–Kier alpha value is -1.89. The molecule has 0 aliphatic rings. The van der Waals surface area contributed by atoms with Gasteiger partial charge in [0.2, 0.25) is 11.8 Å². The molecule has 0 saturated heterocycles. The number of hydrogen-bond acceptors (Lipinski definition) is 6. The van der Waals surface area contributed by atoms with Gasteiger partial charge in [0, 0.05) is 25.2 Å². The molecule has 2 aromatic rings. The van der Waals surface area contributed by atoms with Crippen LogP contribution < -0.4 is 10.5 Å². The van der Waals surface area contributed by atoms with Crippen LogP contribution in [-0.4, -0.2) is 50.2 Å². The van der Waals surface area contributed by atoms with Crippen LogP contribution in [-0.2, 0) is 6.54 Å². The molecule has 2 aromatic heterocycles. The smallest absolute Gasteiger partial charge is 0.245 e. The molecule has 116 valence electrons. The number of fused-ring (bicyclic) bond motifs is 1. The maximum Gasteiger partial charge on any atom is 0.245 e. The number of imidazole rings is 1. The van der Waals surface area contributed by atoms with E-state index in [0.717, 1.165) is 13.1 Å². The Labute approximate surface area is 125 Å². The van der Waals surface area contributed by atoms with Gasteiger partial charge in [-0.15, -0.1) is 0 Å². The summed E-state index contributed by atoms with van der Waals surface area (Å²) in [6.45, 7) is 10.4. The second-order valence-corrected chi connectivity index (χ2v) is 5.60. The Morgan fingerprint density at radius 1 is 1.24 bits per heavy atom. The third-order valence-corrected chi connectivity index (χ3v) is 3.63. The van der Waals surface area contributed by atoms with Crippen LogP contribution in [0.2, 0.25) is 0 Å². The molecular weight excluding hydrogens is 268 g/mol. The summed E-state index contributed by atoms with van der Waals surface area (Å²) in [5, 5.41) is 0. The highest BCUT2D eigenvalue weighted by Crippen LogP contribution is 2.22. The van der Waals surface area contributed by atoms with Gasteiger partial charge < -0.3 is 10.5 Å². The standard InChI is InChI=1S/C14H24N6O/c1-9(2)19(10(3)4)6-7-20-12-11(18-14(20)15)13(21-5)17-8-16-12/h8-10H,6-7H2,1-5H3,(H2,15,18). The average Bonchev–Trinajstić information content (AvgIpc) is 2.74. The molecule has 0 amide bonds. The summed E-state index contributed by atoms with van der Waals surface area (Å²) in [6, 6.07) is 0.954. The van der Waals surface area contributed by atoms with E-state index in [1.54, 1.807) is 7.11 Å². The lowest BCUT2D eigenvalue weighted by atomic mass is 10.2. The number of anilines is 1. The normalized spacial score (nSPS) is 12.0. The van der Waals surface area contributed by atoms with Crippen molar-refractivity contribution >= 4 is 17.1 Å². The number of nitrogen functional groups attached to an aromatic ring is 1. The van der Waals surface area contributed by atoms with Crippen LogP contribution in [0.3, 0.4) is 0 Å². The van der Waals surface area contributed by atoms with Crippen molar-refractivity contribution in [2.75, 3.05) is 19.4 Å². The highest BCUT2D eigenvalue weighted by Gasteiger charge is 2.17. The van der Waals surface area contributed by atoms with Crippen molar-refractivity contribution in [3.63, 3.8) is 0 Å². The highest BCUT2D eigenvalue weighted by molar-refractivity contribution is 5.78. The minimum Gasteiger partial charge on any atom is -0.479 e. The van der Waals surface area contributed by atoms with Gasteiger partial charge in [0.05, 0.1) is 7.11 Å². The molecule has 7 heteroatoms. The Balaban J connectivity index is 2.28. The molecule has 21 heavy (non-hydrogen) atoms. The summed E-state index contributed by atoms with van der Waals surface area (Å²) in [7, 11) is 1.57. The number of methoxy groups -OCH3 is 1. The van der Waals surface area contributed by atoms with Gasteiger partial charge in [0.15, 0.2) is 11.2 Å². The second-order valence-electron chi connectivity index (χ2n) is 5.60. The van der Waals surface area contributed by atoms with Crippen molar-refractivity contribution in [1.82, 2.24) is 24.4 Å². The van der Waals surface area contributed by atoms with Gasteiger partial charge in [-0.3, -0.25) is 9.47 Å². The van der Waals surface area contributed by atoms with E-state index in [0.29, 0.717) is 35.1 Å². The van der Waals surface area contributed by atoms with Gasteiger partial charge in [0.25, 0.3) is 0 Å². The SMILES string of the molecule is COc1ncnc2c1nc(N)n2CCN(C(C)C)C(C)C. The van der Waals surface area contributed by atoms with Crippen molar-refractivity contribution in [1.29, 1.82) is 0 Å². The minimum atomic E-state index is 0.441. The van der Waals surface area contributed by atoms with E-state index < -0.39 is 0 Å². The molecule has 0 aliphatic carbocycles. The Morgan fingerprint density at radius 3 is 2.48 bits per heavy atom. The fourth-order valence-electron chi connectivity index (χ4n) is 2.63. The predicted molar refractivity (Wildman–Crippen MR) is 83.3 cm³/mol. The van der Waals surface area contributed by atoms with Crippen molar-refractivity contribution in [2.24, 2.45) is 0 Å². The van der Waals surface area contributed by atoms with Crippen molar-refractivity contribution in [3.8, 4) is 5.88 Å². The van der Waals surface area contributed by atoms with Crippen LogP contribution >= 0.6 is 0 Å². The number of nitrogens with zero attached hydrogens (tertiary/aromatic N) is 5. The monoisotopic (exact) mass is 292 g/mol. The maximum atomic E-state index is 6.03. The Kier molecular flexibility index (Phi) is 4.62. The average molecular weight is 292 g/mol. The first-order valence-electron chi connectivity index (χ1n) is 7.22. The molecule has 2 heterocycles. The Bertz CT molecular complexity index is 599. The molecule has 0 saturated carbocycles. The first-order valence-corrected chi connectivity index (χ1v) is 7.22. The summed E-state index contributed by atoms with van der Waals surface area (Å²) >= 11 is 0. The molecule has 2 N–H and O–H groups in total. The van der Waals surface area contributed by atoms with Crippen LogP contribution in [0.25, 0.3) is 11.2 Å². The van der Waals surface area contributed by atoms with Gasteiger partial charge in [-0.25, -0.2) is 9.97 Å². The molecule has 0 atom stereocenters. The second kappa shape index (κ2) is 6.26. The fraction of sp³-hybridized carbons (Fsp3) is 0.643. The van der Waals surface area contributed by atoms with E-state index in [-0.39, 0.29) is 0 Å². The summed E-state index contributed by atoms with van der Waals surface area (Å²) in [4.78, 5) is 15.1. The number of hydrogen-bond donors (Lipinski definition) is 1. The summed E-state index contributed by atoms with van der Waals surface area (Å²) in [5.41, 5.74) is 7.35. The van der Waals surface area contributed by atoms with Gasteiger partial charge in [-0.05, 0) is 27.7 Å². The van der Waals surface area contributed by atoms with Crippen molar-refractivity contribution in [2.45, 2.75) is 46.3 Å². The molecule has 0 aromatic carbocycles. The van der Waals surface area contributed by atoms with Crippen LogP contribution in [0.5, 0.6) is 5.88 Å². The van der Waals surface area contributed by atoms with Crippen LogP contribution in [0, 0.1) is 0 Å². The third kappa shape index (κ3) is 3.07. The van der Waals surface area contributed by atoms with Crippen molar-refractivity contribution in [3.05, 3.63) is 6.33 Å². The number of nitrogens with two attached hydrogens (primary N) is 1. The summed E-state index contributed by atoms with van der Waals surface area (Å²) in [6.07, 6.45) is 1.47. The van der Waals surface area contributed by atoms with E-state index in [9.17, 15) is 0 Å². The quantitative estimate of drug-likeness (QED) is 0.869. The highest BCUT2D eigenvalue weighted by atomic mass is 16.5. The fourth-order valence-corrected chi connectivity index (χ4v) is 2.63. The molecule has 2 rings (SSSR count). The van der Waals surface area contributed by atoms with Crippen LogP contribution in [0.15, 0.2) is 6.33 Å². The lowest BCUT2D eigenvalue weighted by Crippen LogP contribution is -2.39. The number of rotatable bonds is 6. The molecular formula is C14H24N6O. The topological polar surface area (TPSA) is 82.1 Å². The number of aromatic nitrogens is 4. The molecule has 0 bridgehead atoms.